The van der Waals surface area contributed by atoms with Crippen molar-refractivity contribution in [2.75, 3.05) is 19.8 Å². The third kappa shape index (κ3) is 6.06. The fourth-order valence-corrected chi connectivity index (χ4v) is 2.09. The first-order valence-electron chi connectivity index (χ1n) is 7.62. The fourth-order valence-electron chi connectivity index (χ4n) is 2.09. The number of hydrogen-bond acceptors (Lipinski definition) is 3. The van der Waals surface area contributed by atoms with E-state index in [-0.39, 0.29) is 5.41 Å². The van der Waals surface area contributed by atoms with Crippen molar-refractivity contribution in [3.05, 3.63) is 17.5 Å². The van der Waals surface area contributed by atoms with Gasteiger partial charge in [-0.2, -0.15) is 5.10 Å². The molecule has 0 atom stereocenters. The highest BCUT2D eigenvalue weighted by Gasteiger charge is 2.21. The Bertz CT molecular complexity index is 391. The molecule has 1 aromatic rings. The molecule has 0 saturated heterocycles. The molecule has 0 bridgehead atoms. The average Bonchev–Trinajstić information content (AvgIpc) is 2.68. The van der Waals surface area contributed by atoms with E-state index in [0.29, 0.717) is 5.92 Å². The van der Waals surface area contributed by atoms with Crippen LogP contribution >= 0.6 is 0 Å². The summed E-state index contributed by atoms with van der Waals surface area (Å²) in [6, 6.07) is 0. The van der Waals surface area contributed by atoms with Crippen LogP contribution < -0.4 is 5.32 Å². The summed E-state index contributed by atoms with van der Waals surface area (Å²) < 4.78 is 7.50. The lowest BCUT2D eigenvalue weighted by Gasteiger charge is -2.17. The molecule has 1 aromatic heterocycles. The Morgan fingerprint density at radius 1 is 1.30 bits per heavy atom. The maximum Gasteiger partial charge on any atom is 0.0722 e. The van der Waals surface area contributed by atoms with Gasteiger partial charge in [0.25, 0.3) is 0 Å². The normalized spacial score (nSPS) is 12.3. The van der Waals surface area contributed by atoms with Crippen molar-refractivity contribution in [2.24, 2.45) is 13.0 Å². The lowest BCUT2D eigenvalue weighted by molar-refractivity contribution is 0.125. The maximum absolute atomic E-state index is 5.60. The first kappa shape index (κ1) is 17.2. The molecule has 0 amide bonds. The topological polar surface area (TPSA) is 39.1 Å². The standard InChI is InChI=1S/C16H31N3O/c1-13(2)7-9-20-10-8-17-11-14-12-19(6)18-15(14)16(3,4)5/h12-13,17H,7-11H2,1-6H3. The molecular formula is C16H31N3O. The summed E-state index contributed by atoms with van der Waals surface area (Å²) >= 11 is 0. The zero-order valence-electron chi connectivity index (χ0n) is 14.0. The summed E-state index contributed by atoms with van der Waals surface area (Å²) in [4.78, 5) is 0. The number of nitrogens with one attached hydrogen (secondary N) is 1. The SMILES string of the molecule is CC(C)CCOCCNCc1cn(C)nc1C(C)(C)C. The summed E-state index contributed by atoms with van der Waals surface area (Å²) in [5.74, 6) is 0.715. The molecule has 4 heteroatoms. The molecule has 1 rings (SSSR count). The summed E-state index contributed by atoms with van der Waals surface area (Å²) in [5.41, 5.74) is 2.54. The van der Waals surface area contributed by atoms with Crippen molar-refractivity contribution in [2.45, 2.75) is 53.0 Å². The number of hydrogen-bond donors (Lipinski definition) is 1. The second-order valence-electron chi connectivity index (χ2n) is 6.90. The molecule has 1 N–H and O–H groups in total. The van der Waals surface area contributed by atoms with E-state index in [1.165, 1.54) is 11.3 Å². The molecule has 1 heterocycles. The minimum absolute atomic E-state index is 0.0893. The van der Waals surface area contributed by atoms with Gasteiger partial charge in [-0.15, -0.1) is 0 Å². The molecular weight excluding hydrogens is 250 g/mol. The zero-order chi connectivity index (χ0) is 15.2. The molecule has 0 saturated carbocycles. The van der Waals surface area contributed by atoms with Crippen LogP contribution in [0, 0.1) is 5.92 Å². The van der Waals surface area contributed by atoms with Crippen molar-refractivity contribution in [1.82, 2.24) is 15.1 Å². The van der Waals surface area contributed by atoms with Crippen LogP contribution in [-0.4, -0.2) is 29.5 Å². The molecule has 20 heavy (non-hydrogen) atoms. The minimum atomic E-state index is 0.0893. The lowest BCUT2D eigenvalue weighted by Crippen LogP contribution is -2.22. The summed E-state index contributed by atoms with van der Waals surface area (Å²) in [7, 11) is 1.98. The molecule has 4 nitrogen and oxygen atoms in total. The second kappa shape index (κ2) is 7.79. The molecule has 0 aromatic carbocycles. The number of ether oxygens (including phenoxy) is 1. The molecule has 0 aliphatic carbocycles. The minimum Gasteiger partial charge on any atom is -0.380 e. The predicted molar refractivity (Wildman–Crippen MR) is 83.9 cm³/mol. The van der Waals surface area contributed by atoms with E-state index in [4.69, 9.17) is 4.74 Å². The first-order valence-corrected chi connectivity index (χ1v) is 7.62. The third-order valence-corrected chi connectivity index (χ3v) is 3.19. The first-order chi connectivity index (χ1) is 9.30. The van der Waals surface area contributed by atoms with E-state index < -0.39 is 0 Å². The smallest absolute Gasteiger partial charge is 0.0722 e. The van der Waals surface area contributed by atoms with E-state index in [9.17, 15) is 0 Å². The summed E-state index contributed by atoms with van der Waals surface area (Å²) in [6.45, 7) is 14.4. The highest BCUT2D eigenvalue weighted by molar-refractivity contribution is 5.23. The van der Waals surface area contributed by atoms with Crippen molar-refractivity contribution in [3.8, 4) is 0 Å². The van der Waals surface area contributed by atoms with Crippen molar-refractivity contribution >= 4 is 0 Å². The Labute approximate surface area is 123 Å². The molecule has 0 aliphatic heterocycles. The van der Waals surface area contributed by atoms with Crippen LogP contribution in [0.5, 0.6) is 0 Å². The Morgan fingerprint density at radius 2 is 2.00 bits per heavy atom. The van der Waals surface area contributed by atoms with E-state index in [0.717, 1.165) is 32.7 Å². The molecule has 0 aliphatic rings. The van der Waals surface area contributed by atoms with E-state index in [2.05, 4.69) is 51.2 Å². The molecule has 0 unspecified atom stereocenters. The van der Waals surface area contributed by atoms with Gasteiger partial charge in [-0.25, -0.2) is 0 Å². The molecule has 0 radical (unpaired) electrons. The van der Waals surface area contributed by atoms with E-state index in [1.54, 1.807) is 0 Å². The fraction of sp³-hybridized carbons (Fsp3) is 0.812. The van der Waals surface area contributed by atoms with Crippen LogP contribution in [0.2, 0.25) is 0 Å². The van der Waals surface area contributed by atoms with Gasteiger partial charge in [-0.3, -0.25) is 4.68 Å². The summed E-state index contributed by atoms with van der Waals surface area (Å²) in [6.07, 6.45) is 3.24. The van der Waals surface area contributed by atoms with Gasteiger partial charge in [-0.1, -0.05) is 34.6 Å². The van der Waals surface area contributed by atoms with Crippen molar-refractivity contribution in [1.29, 1.82) is 0 Å². The van der Waals surface area contributed by atoms with Crippen LogP contribution in [0.4, 0.5) is 0 Å². The highest BCUT2D eigenvalue weighted by atomic mass is 16.5. The van der Waals surface area contributed by atoms with Crippen molar-refractivity contribution in [3.63, 3.8) is 0 Å². The Hall–Kier alpha value is -0.870. The van der Waals surface area contributed by atoms with Gasteiger partial charge in [-0.05, 0) is 12.3 Å². The van der Waals surface area contributed by atoms with E-state index >= 15 is 0 Å². The monoisotopic (exact) mass is 281 g/mol. The average molecular weight is 281 g/mol. The maximum atomic E-state index is 5.60. The summed E-state index contributed by atoms with van der Waals surface area (Å²) in [5, 5.41) is 8.01. The molecule has 0 fully saturated rings. The quantitative estimate of drug-likeness (QED) is 0.745. The van der Waals surface area contributed by atoms with E-state index in [1.807, 2.05) is 11.7 Å². The second-order valence-corrected chi connectivity index (χ2v) is 6.90. The van der Waals surface area contributed by atoms with Crippen LogP contribution in [0.25, 0.3) is 0 Å². The Balaban J connectivity index is 2.29. The van der Waals surface area contributed by atoms with Gasteiger partial charge in [0.2, 0.25) is 0 Å². The van der Waals surface area contributed by atoms with Gasteiger partial charge >= 0.3 is 0 Å². The number of aryl methyl sites for hydroxylation is 1. The molecule has 0 spiro atoms. The number of aromatic nitrogens is 2. The van der Waals surface area contributed by atoms with Gasteiger partial charge < -0.3 is 10.1 Å². The van der Waals surface area contributed by atoms with Gasteiger partial charge in [0.1, 0.15) is 0 Å². The van der Waals surface area contributed by atoms with Gasteiger partial charge in [0.05, 0.1) is 12.3 Å². The lowest BCUT2D eigenvalue weighted by atomic mass is 9.89. The molecule has 116 valence electrons. The van der Waals surface area contributed by atoms with Crippen LogP contribution in [0.3, 0.4) is 0 Å². The largest absolute Gasteiger partial charge is 0.380 e. The van der Waals surface area contributed by atoms with Crippen LogP contribution in [0.1, 0.15) is 52.3 Å². The third-order valence-electron chi connectivity index (χ3n) is 3.19. The Morgan fingerprint density at radius 3 is 2.60 bits per heavy atom. The number of rotatable bonds is 8. The van der Waals surface area contributed by atoms with Gasteiger partial charge in [0.15, 0.2) is 0 Å². The van der Waals surface area contributed by atoms with Crippen molar-refractivity contribution < 1.29 is 4.74 Å². The van der Waals surface area contributed by atoms with Gasteiger partial charge in [0, 0.05) is 43.9 Å². The van der Waals surface area contributed by atoms with Crippen LogP contribution in [0.15, 0.2) is 6.20 Å². The zero-order valence-corrected chi connectivity index (χ0v) is 14.0. The Kier molecular flexibility index (Phi) is 6.69. The predicted octanol–water partition coefficient (Wildman–Crippen LogP) is 2.87. The van der Waals surface area contributed by atoms with Crippen LogP contribution in [-0.2, 0) is 23.7 Å². The number of nitrogens with zero attached hydrogens (tertiary/aromatic N) is 2. The highest BCUT2D eigenvalue weighted by Crippen LogP contribution is 2.23.